The van der Waals surface area contributed by atoms with Crippen molar-refractivity contribution in [2.75, 3.05) is 39.3 Å². The van der Waals surface area contributed by atoms with E-state index in [4.69, 9.17) is 19.9 Å². The van der Waals surface area contributed by atoms with Gasteiger partial charge in [0.05, 0.1) is 19.8 Å². The standard InChI is InChI=1S/C23H37N3O4S.ClH/c1-16(2)18(14-19(24)20(27)15-26-23-25-8-11-31-23)12-17-6-7-21(29-4)22(13-17)30-10-5-9-28-3;/h6-8,11,13,16,18-20,27H,5,9-10,12,14-15,24H2,1-4H3,(H,25,26);1H/t18-,19-,20-;/m0./s1. The molecule has 2 aromatic rings. The summed E-state index contributed by atoms with van der Waals surface area (Å²) in [7, 11) is 3.33. The fourth-order valence-electron chi connectivity index (χ4n) is 3.40. The number of aliphatic hydroxyl groups excluding tert-OH is 1. The number of rotatable bonds is 15. The first kappa shape index (κ1) is 28.5. The highest BCUT2D eigenvalue weighted by Crippen LogP contribution is 2.31. The van der Waals surface area contributed by atoms with Crippen molar-refractivity contribution in [3.8, 4) is 11.5 Å². The Labute approximate surface area is 202 Å². The largest absolute Gasteiger partial charge is 0.493 e. The van der Waals surface area contributed by atoms with E-state index in [1.54, 1.807) is 20.4 Å². The van der Waals surface area contributed by atoms with Crippen LogP contribution >= 0.6 is 23.7 Å². The second-order valence-corrected chi connectivity index (χ2v) is 8.97. The van der Waals surface area contributed by atoms with E-state index in [2.05, 4.69) is 30.2 Å². The van der Waals surface area contributed by atoms with Gasteiger partial charge in [-0.1, -0.05) is 19.9 Å². The van der Waals surface area contributed by atoms with Crippen LogP contribution in [-0.2, 0) is 11.2 Å². The summed E-state index contributed by atoms with van der Waals surface area (Å²) in [6.07, 6.45) is 3.50. The molecule has 0 fully saturated rings. The van der Waals surface area contributed by atoms with Crippen LogP contribution in [0.1, 0.15) is 32.3 Å². The Bertz CT molecular complexity index is 749. The third kappa shape index (κ3) is 9.50. The van der Waals surface area contributed by atoms with Crippen LogP contribution in [0.2, 0.25) is 0 Å². The number of hydrogen-bond acceptors (Lipinski definition) is 8. The van der Waals surface area contributed by atoms with Crippen LogP contribution in [0, 0.1) is 11.8 Å². The number of nitrogens with one attached hydrogen (secondary N) is 1. The topological polar surface area (TPSA) is 98.9 Å². The van der Waals surface area contributed by atoms with Crippen LogP contribution in [0.4, 0.5) is 5.13 Å². The molecule has 0 radical (unpaired) electrons. The van der Waals surface area contributed by atoms with Gasteiger partial charge in [-0.2, -0.15) is 0 Å². The van der Waals surface area contributed by atoms with E-state index in [1.807, 2.05) is 17.5 Å². The number of nitrogens with zero attached hydrogens (tertiary/aromatic N) is 1. The second kappa shape index (κ2) is 15.3. The maximum absolute atomic E-state index is 10.5. The van der Waals surface area contributed by atoms with E-state index >= 15 is 0 Å². The number of benzene rings is 1. The monoisotopic (exact) mass is 487 g/mol. The summed E-state index contributed by atoms with van der Waals surface area (Å²) in [5.41, 5.74) is 7.53. The lowest BCUT2D eigenvalue weighted by atomic mass is 9.83. The molecule has 182 valence electrons. The van der Waals surface area contributed by atoms with Gasteiger partial charge in [0.25, 0.3) is 0 Å². The van der Waals surface area contributed by atoms with Gasteiger partial charge in [0.1, 0.15) is 0 Å². The number of hydrogen-bond donors (Lipinski definition) is 3. The average molecular weight is 488 g/mol. The van der Waals surface area contributed by atoms with E-state index in [0.717, 1.165) is 35.9 Å². The number of aromatic nitrogens is 1. The first-order valence-electron chi connectivity index (χ1n) is 10.8. The number of nitrogens with two attached hydrogens (primary N) is 1. The van der Waals surface area contributed by atoms with Gasteiger partial charge in [0, 0.05) is 44.3 Å². The molecular formula is C23H38ClN3O4S. The third-order valence-electron chi connectivity index (χ3n) is 5.38. The van der Waals surface area contributed by atoms with Crippen LogP contribution in [0.25, 0.3) is 0 Å². The first-order valence-corrected chi connectivity index (χ1v) is 11.7. The van der Waals surface area contributed by atoms with Gasteiger partial charge in [-0.05, 0) is 42.4 Å². The summed E-state index contributed by atoms with van der Waals surface area (Å²) in [5, 5.41) is 16.3. The summed E-state index contributed by atoms with van der Waals surface area (Å²) in [6, 6.07) is 5.75. The molecule has 4 N–H and O–H groups in total. The zero-order valence-electron chi connectivity index (χ0n) is 19.5. The molecule has 2 rings (SSSR count). The molecule has 0 amide bonds. The number of methoxy groups -OCH3 is 2. The van der Waals surface area contributed by atoms with Crippen LogP contribution in [0.5, 0.6) is 11.5 Å². The predicted octanol–water partition coefficient (Wildman–Crippen LogP) is 3.99. The number of halogens is 1. The molecule has 0 aliphatic rings. The molecule has 1 aromatic carbocycles. The summed E-state index contributed by atoms with van der Waals surface area (Å²) in [5.74, 6) is 2.23. The second-order valence-electron chi connectivity index (χ2n) is 8.07. The lowest BCUT2D eigenvalue weighted by Crippen LogP contribution is -2.41. The Balaban J connectivity index is 0.00000512. The zero-order chi connectivity index (χ0) is 22.6. The van der Waals surface area contributed by atoms with E-state index < -0.39 is 6.10 Å². The van der Waals surface area contributed by atoms with Crippen molar-refractivity contribution in [1.29, 1.82) is 0 Å². The fraction of sp³-hybridized carbons (Fsp3) is 0.609. The molecule has 0 saturated heterocycles. The Kier molecular flexibility index (Phi) is 13.6. The van der Waals surface area contributed by atoms with Crippen molar-refractivity contribution in [3.05, 3.63) is 35.3 Å². The molecule has 32 heavy (non-hydrogen) atoms. The van der Waals surface area contributed by atoms with E-state index in [-0.39, 0.29) is 18.4 Å². The Morgan fingerprint density at radius 3 is 2.59 bits per heavy atom. The van der Waals surface area contributed by atoms with Gasteiger partial charge < -0.3 is 30.4 Å². The molecule has 7 nitrogen and oxygen atoms in total. The molecule has 0 saturated carbocycles. The smallest absolute Gasteiger partial charge is 0.182 e. The molecule has 1 heterocycles. The van der Waals surface area contributed by atoms with Gasteiger partial charge in [0.15, 0.2) is 16.6 Å². The molecule has 0 spiro atoms. The summed E-state index contributed by atoms with van der Waals surface area (Å²) < 4.78 is 16.4. The molecule has 0 aliphatic carbocycles. The average Bonchev–Trinajstić information content (AvgIpc) is 3.28. The van der Waals surface area contributed by atoms with Gasteiger partial charge in [-0.15, -0.1) is 23.7 Å². The Morgan fingerprint density at radius 1 is 1.19 bits per heavy atom. The van der Waals surface area contributed by atoms with Crippen molar-refractivity contribution in [3.63, 3.8) is 0 Å². The van der Waals surface area contributed by atoms with Crippen molar-refractivity contribution in [2.24, 2.45) is 17.6 Å². The predicted molar refractivity (Wildman–Crippen MR) is 133 cm³/mol. The normalized spacial score (nSPS) is 13.8. The van der Waals surface area contributed by atoms with E-state index in [1.165, 1.54) is 16.9 Å². The number of thiazole rings is 1. The van der Waals surface area contributed by atoms with Gasteiger partial charge in [0.2, 0.25) is 0 Å². The summed E-state index contributed by atoms with van der Waals surface area (Å²) >= 11 is 1.51. The first-order chi connectivity index (χ1) is 14.9. The van der Waals surface area contributed by atoms with Crippen molar-refractivity contribution in [2.45, 2.75) is 45.3 Å². The van der Waals surface area contributed by atoms with E-state index in [0.29, 0.717) is 31.6 Å². The van der Waals surface area contributed by atoms with Crippen LogP contribution in [0.15, 0.2) is 29.8 Å². The molecule has 1 aromatic heterocycles. The summed E-state index contributed by atoms with van der Waals surface area (Å²) in [6.45, 7) is 6.02. The van der Waals surface area contributed by atoms with E-state index in [9.17, 15) is 5.11 Å². The van der Waals surface area contributed by atoms with Gasteiger partial charge in [-0.3, -0.25) is 0 Å². The maximum atomic E-state index is 10.5. The Morgan fingerprint density at radius 2 is 1.97 bits per heavy atom. The highest BCUT2D eigenvalue weighted by atomic mass is 35.5. The molecule has 0 unspecified atom stereocenters. The quantitative estimate of drug-likeness (QED) is 0.326. The molecule has 0 bridgehead atoms. The number of ether oxygens (including phenoxy) is 3. The van der Waals surface area contributed by atoms with Gasteiger partial charge >= 0.3 is 0 Å². The number of anilines is 1. The van der Waals surface area contributed by atoms with Crippen molar-refractivity contribution < 1.29 is 19.3 Å². The minimum atomic E-state index is -0.638. The molecule has 9 heteroatoms. The third-order valence-corrected chi connectivity index (χ3v) is 6.11. The zero-order valence-corrected chi connectivity index (χ0v) is 21.1. The minimum Gasteiger partial charge on any atom is -0.493 e. The van der Waals surface area contributed by atoms with Crippen molar-refractivity contribution >= 4 is 28.9 Å². The Hall–Kier alpha value is -1.58. The number of aliphatic hydroxyl groups is 1. The lowest BCUT2D eigenvalue weighted by molar-refractivity contribution is 0.137. The fourth-order valence-corrected chi connectivity index (χ4v) is 3.94. The van der Waals surface area contributed by atoms with Crippen LogP contribution in [0.3, 0.4) is 0 Å². The SMILES string of the molecule is COCCCOc1cc(C[C@@H](C[C@H](N)[C@@H](O)CNc2nccs2)C(C)C)ccc1OC.Cl. The molecular weight excluding hydrogens is 450 g/mol. The molecule has 0 aliphatic heterocycles. The van der Waals surface area contributed by atoms with Crippen LogP contribution < -0.4 is 20.5 Å². The summed E-state index contributed by atoms with van der Waals surface area (Å²) in [4.78, 5) is 4.17. The van der Waals surface area contributed by atoms with Gasteiger partial charge in [-0.25, -0.2) is 4.98 Å². The minimum absolute atomic E-state index is 0. The lowest BCUT2D eigenvalue weighted by Gasteiger charge is -2.27. The molecule has 3 atom stereocenters. The highest BCUT2D eigenvalue weighted by Gasteiger charge is 2.23. The van der Waals surface area contributed by atoms with Crippen molar-refractivity contribution in [1.82, 2.24) is 4.98 Å². The highest BCUT2D eigenvalue weighted by molar-refractivity contribution is 7.13. The van der Waals surface area contributed by atoms with Crippen LogP contribution in [-0.4, -0.2) is 56.2 Å². The maximum Gasteiger partial charge on any atom is 0.182 e.